The number of fused-ring (bicyclic) bond motifs is 2. The molecule has 17 heavy (non-hydrogen) atoms. The Morgan fingerprint density at radius 1 is 1.35 bits per heavy atom. The highest BCUT2D eigenvalue weighted by atomic mass is 16.5. The number of rotatable bonds is 2. The van der Waals surface area contributed by atoms with E-state index >= 15 is 0 Å². The lowest BCUT2D eigenvalue weighted by molar-refractivity contribution is 0.0302. The standard InChI is InChI=1S/C11H17N5O/c1-7-10(15-12)13-6-14-11(7)16-4-8-2-3-9(5-16)17-8/h6,8-9H,2-5,12H2,1H3,(H,13,14,15). The third kappa shape index (κ3) is 1.83. The topological polar surface area (TPSA) is 76.3 Å². The number of anilines is 2. The smallest absolute Gasteiger partial charge is 0.148 e. The number of hydrazine groups is 1. The molecule has 2 atom stereocenters. The fourth-order valence-electron chi connectivity index (χ4n) is 2.69. The first-order valence-electron chi connectivity index (χ1n) is 5.96. The fraction of sp³-hybridized carbons (Fsp3) is 0.636. The molecule has 1 aromatic rings. The number of ether oxygens (including phenoxy) is 1. The van der Waals surface area contributed by atoms with Crippen molar-refractivity contribution in [3.05, 3.63) is 11.9 Å². The molecule has 3 heterocycles. The van der Waals surface area contributed by atoms with Crippen molar-refractivity contribution in [2.24, 2.45) is 5.84 Å². The van der Waals surface area contributed by atoms with Gasteiger partial charge in [-0.05, 0) is 19.8 Å². The average molecular weight is 235 g/mol. The first-order valence-corrected chi connectivity index (χ1v) is 5.96. The SMILES string of the molecule is Cc1c(NN)ncnc1N1CC2CCC(C1)O2. The normalized spacial score (nSPS) is 27.3. The van der Waals surface area contributed by atoms with E-state index in [1.165, 1.54) is 0 Å². The molecule has 1 aromatic heterocycles. The number of hydrogen-bond acceptors (Lipinski definition) is 6. The molecule has 0 radical (unpaired) electrons. The maximum Gasteiger partial charge on any atom is 0.148 e. The van der Waals surface area contributed by atoms with Crippen LogP contribution in [0.3, 0.4) is 0 Å². The van der Waals surface area contributed by atoms with E-state index in [0.717, 1.165) is 37.3 Å². The van der Waals surface area contributed by atoms with Gasteiger partial charge in [-0.25, -0.2) is 15.8 Å². The van der Waals surface area contributed by atoms with Gasteiger partial charge < -0.3 is 15.1 Å². The molecule has 2 aliphatic heterocycles. The van der Waals surface area contributed by atoms with Gasteiger partial charge in [-0.15, -0.1) is 0 Å². The summed E-state index contributed by atoms with van der Waals surface area (Å²) in [5, 5.41) is 0. The molecule has 0 amide bonds. The van der Waals surface area contributed by atoms with Gasteiger partial charge in [-0.3, -0.25) is 0 Å². The Labute approximate surface area is 100 Å². The third-order valence-electron chi connectivity index (χ3n) is 3.54. The summed E-state index contributed by atoms with van der Waals surface area (Å²) in [6.07, 6.45) is 4.59. The maximum absolute atomic E-state index is 5.82. The first kappa shape index (κ1) is 10.7. The van der Waals surface area contributed by atoms with Crippen molar-refractivity contribution in [2.75, 3.05) is 23.4 Å². The summed E-state index contributed by atoms with van der Waals surface area (Å²) in [6.45, 7) is 3.82. The lowest BCUT2D eigenvalue weighted by atomic mass is 10.2. The van der Waals surface area contributed by atoms with Crippen LogP contribution < -0.4 is 16.2 Å². The Hall–Kier alpha value is -1.40. The summed E-state index contributed by atoms with van der Waals surface area (Å²) < 4.78 is 5.82. The monoisotopic (exact) mass is 235 g/mol. The van der Waals surface area contributed by atoms with E-state index < -0.39 is 0 Å². The molecule has 6 nitrogen and oxygen atoms in total. The van der Waals surface area contributed by atoms with Gasteiger partial charge in [-0.2, -0.15) is 0 Å². The number of nitrogens with two attached hydrogens (primary N) is 1. The Kier molecular flexibility index (Phi) is 2.60. The van der Waals surface area contributed by atoms with Gasteiger partial charge in [0.15, 0.2) is 0 Å². The lowest BCUT2D eigenvalue weighted by Crippen LogP contribution is -2.43. The van der Waals surface area contributed by atoms with Crippen LogP contribution in [0.2, 0.25) is 0 Å². The van der Waals surface area contributed by atoms with E-state index in [0.29, 0.717) is 18.0 Å². The highest BCUT2D eigenvalue weighted by Crippen LogP contribution is 2.31. The van der Waals surface area contributed by atoms with Gasteiger partial charge in [0.2, 0.25) is 0 Å². The van der Waals surface area contributed by atoms with E-state index in [4.69, 9.17) is 10.6 Å². The summed E-state index contributed by atoms with van der Waals surface area (Å²) in [7, 11) is 0. The van der Waals surface area contributed by atoms with Crippen LogP contribution in [0.4, 0.5) is 11.6 Å². The zero-order valence-corrected chi connectivity index (χ0v) is 9.89. The first-order chi connectivity index (χ1) is 8.28. The predicted octanol–water partition coefficient (Wildman–Crippen LogP) is 0.438. The average Bonchev–Trinajstić information content (AvgIpc) is 2.68. The largest absolute Gasteiger partial charge is 0.371 e. The van der Waals surface area contributed by atoms with E-state index in [1.807, 2.05) is 6.92 Å². The van der Waals surface area contributed by atoms with Crippen LogP contribution in [-0.2, 0) is 4.74 Å². The molecule has 2 fully saturated rings. The second-order valence-corrected chi connectivity index (χ2v) is 4.68. The molecular weight excluding hydrogens is 218 g/mol. The maximum atomic E-state index is 5.82. The molecule has 0 spiro atoms. The molecule has 0 aliphatic carbocycles. The minimum Gasteiger partial charge on any atom is -0.371 e. The van der Waals surface area contributed by atoms with E-state index in [-0.39, 0.29) is 0 Å². The van der Waals surface area contributed by atoms with Gasteiger partial charge in [0.25, 0.3) is 0 Å². The quantitative estimate of drug-likeness (QED) is 0.572. The summed E-state index contributed by atoms with van der Waals surface area (Å²) in [5.74, 6) is 7.09. The number of morpholine rings is 1. The van der Waals surface area contributed by atoms with Crippen LogP contribution >= 0.6 is 0 Å². The van der Waals surface area contributed by atoms with Crippen LogP contribution in [0.25, 0.3) is 0 Å². The van der Waals surface area contributed by atoms with Gasteiger partial charge >= 0.3 is 0 Å². The zero-order valence-electron chi connectivity index (χ0n) is 9.89. The predicted molar refractivity (Wildman–Crippen MR) is 64.7 cm³/mol. The zero-order chi connectivity index (χ0) is 11.8. The van der Waals surface area contributed by atoms with Crippen molar-refractivity contribution in [1.82, 2.24) is 9.97 Å². The van der Waals surface area contributed by atoms with Crippen LogP contribution in [0.5, 0.6) is 0 Å². The van der Waals surface area contributed by atoms with Crippen LogP contribution in [0.15, 0.2) is 6.33 Å². The summed E-state index contributed by atoms with van der Waals surface area (Å²) >= 11 is 0. The molecule has 2 aliphatic rings. The minimum atomic E-state index is 0.359. The second kappa shape index (κ2) is 4.12. The summed E-state index contributed by atoms with van der Waals surface area (Å²) in [6, 6.07) is 0. The number of hydrogen-bond donors (Lipinski definition) is 2. The highest BCUT2D eigenvalue weighted by molar-refractivity contribution is 5.57. The Balaban J connectivity index is 1.89. The molecule has 2 unspecified atom stereocenters. The van der Waals surface area contributed by atoms with Crippen molar-refractivity contribution in [2.45, 2.75) is 32.0 Å². The number of aromatic nitrogens is 2. The van der Waals surface area contributed by atoms with Gasteiger partial charge in [0.1, 0.15) is 18.0 Å². The third-order valence-corrected chi connectivity index (χ3v) is 3.54. The van der Waals surface area contributed by atoms with Crippen molar-refractivity contribution < 1.29 is 4.74 Å². The number of nitrogens with zero attached hydrogens (tertiary/aromatic N) is 3. The van der Waals surface area contributed by atoms with E-state index in [9.17, 15) is 0 Å². The second-order valence-electron chi connectivity index (χ2n) is 4.68. The Morgan fingerprint density at radius 3 is 2.71 bits per heavy atom. The Bertz CT molecular complexity index is 412. The highest BCUT2D eigenvalue weighted by Gasteiger charge is 2.34. The molecule has 3 rings (SSSR count). The lowest BCUT2D eigenvalue weighted by Gasteiger charge is -2.33. The van der Waals surface area contributed by atoms with Crippen molar-refractivity contribution >= 4 is 11.6 Å². The van der Waals surface area contributed by atoms with E-state index in [2.05, 4.69) is 20.3 Å². The molecule has 0 aromatic carbocycles. The number of nitrogens with one attached hydrogen (secondary N) is 1. The van der Waals surface area contributed by atoms with Crippen molar-refractivity contribution in [3.8, 4) is 0 Å². The van der Waals surface area contributed by atoms with Crippen molar-refractivity contribution in [3.63, 3.8) is 0 Å². The molecule has 92 valence electrons. The van der Waals surface area contributed by atoms with Gasteiger partial charge in [0, 0.05) is 18.7 Å². The van der Waals surface area contributed by atoms with E-state index in [1.54, 1.807) is 6.33 Å². The fourth-order valence-corrected chi connectivity index (χ4v) is 2.69. The molecule has 2 saturated heterocycles. The summed E-state index contributed by atoms with van der Waals surface area (Å²) in [4.78, 5) is 10.8. The minimum absolute atomic E-state index is 0.359. The molecule has 3 N–H and O–H groups in total. The molecule has 2 bridgehead atoms. The molecule has 6 heteroatoms. The summed E-state index contributed by atoms with van der Waals surface area (Å²) in [5.41, 5.74) is 3.60. The molecular formula is C11H17N5O. The number of nitrogen functional groups attached to an aromatic ring is 1. The van der Waals surface area contributed by atoms with Gasteiger partial charge in [-0.1, -0.05) is 0 Å². The van der Waals surface area contributed by atoms with Crippen molar-refractivity contribution in [1.29, 1.82) is 0 Å². The van der Waals surface area contributed by atoms with Gasteiger partial charge in [0.05, 0.1) is 12.2 Å². The van der Waals surface area contributed by atoms with Crippen LogP contribution in [-0.4, -0.2) is 35.3 Å². The van der Waals surface area contributed by atoms with Crippen LogP contribution in [0.1, 0.15) is 18.4 Å². The van der Waals surface area contributed by atoms with Crippen LogP contribution in [0, 0.1) is 6.92 Å². The molecule has 0 saturated carbocycles. The Morgan fingerprint density at radius 2 is 2.06 bits per heavy atom.